The van der Waals surface area contributed by atoms with Crippen LogP contribution in [-0.2, 0) is 14.2 Å². The van der Waals surface area contributed by atoms with Crippen molar-refractivity contribution in [3.8, 4) is 11.5 Å². The fourth-order valence-electron chi connectivity index (χ4n) is 5.43. The van der Waals surface area contributed by atoms with Crippen LogP contribution in [0, 0.1) is 13.8 Å². The molecule has 4 atom stereocenters. The zero-order valence-electron chi connectivity index (χ0n) is 25.9. The maximum atomic E-state index is 13.0. The second-order valence-corrected chi connectivity index (χ2v) is 11.5. The Balaban J connectivity index is 1.42. The summed E-state index contributed by atoms with van der Waals surface area (Å²) in [6.07, 6.45) is -3.41. The van der Waals surface area contributed by atoms with Crippen LogP contribution in [0.25, 0.3) is 17.0 Å². The van der Waals surface area contributed by atoms with E-state index in [-0.39, 0.29) is 33.5 Å². The van der Waals surface area contributed by atoms with Crippen LogP contribution in [0.1, 0.15) is 51.5 Å². The Morgan fingerprint density at radius 3 is 2.54 bits per heavy atom. The summed E-state index contributed by atoms with van der Waals surface area (Å²) < 4.78 is 28.9. The lowest BCUT2D eigenvalue weighted by Gasteiger charge is -2.47. The van der Waals surface area contributed by atoms with Crippen LogP contribution in [0.4, 0.5) is 11.4 Å². The van der Waals surface area contributed by atoms with Crippen LogP contribution in [0.2, 0.25) is 0 Å². The van der Waals surface area contributed by atoms with E-state index >= 15 is 0 Å². The molecule has 1 saturated heterocycles. The van der Waals surface area contributed by atoms with Gasteiger partial charge in [0.2, 0.25) is 6.29 Å². The van der Waals surface area contributed by atoms with Crippen LogP contribution in [0.15, 0.2) is 58.3 Å². The maximum Gasteiger partial charge on any atom is 0.364 e. The van der Waals surface area contributed by atoms with Crippen molar-refractivity contribution in [1.82, 2.24) is 4.98 Å². The van der Waals surface area contributed by atoms with Gasteiger partial charge in [0.25, 0.3) is 5.91 Å². The van der Waals surface area contributed by atoms with Crippen molar-refractivity contribution in [1.29, 1.82) is 0 Å². The minimum Gasteiger partial charge on any atom is -0.505 e. The molecule has 3 heterocycles. The molecular formula is C33H35N3O10. The number of aliphatic hydroxyl groups is 1. The Bertz CT molecular complexity index is 1890. The van der Waals surface area contributed by atoms with E-state index in [0.29, 0.717) is 11.3 Å². The minimum absolute atomic E-state index is 0.0242. The molecule has 6 N–H and O–H groups in total. The number of rotatable bonds is 8. The number of amides is 1. The van der Waals surface area contributed by atoms with Gasteiger partial charge in [-0.05, 0) is 75.7 Å². The number of hydrogen-bond acceptors (Lipinski definition) is 11. The summed E-state index contributed by atoms with van der Waals surface area (Å²) >= 11 is 0. The van der Waals surface area contributed by atoms with E-state index in [2.05, 4.69) is 16.9 Å². The van der Waals surface area contributed by atoms with Gasteiger partial charge in [-0.3, -0.25) is 4.79 Å². The molecule has 0 saturated carbocycles. The van der Waals surface area contributed by atoms with Crippen LogP contribution in [0.5, 0.6) is 11.5 Å². The second-order valence-electron chi connectivity index (χ2n) is 11.5. The molecule has 0 bridgehead atoms. The Morgan fingerprint density at radius 2 is 1.89 bits per heavy atom. The van der Waals surface area contributed by atoms with Gasteiger partial charge in [0.1, 0.15) is 23.1 Å². The predicted molar refractivity (Wildman–Crippen MR) is 169 cm³/mol. The van der Waals surface area contributed by atoms with Crippen LogP contribution >= 0.6 is 0 Å². The molecule has 2 aromatic carbocycles. The molecule has 0 aliphatic carbocycles. The van der Waals surface area contributed by atoms with Gasteiger partial charge in [0, 0.05) is 29.6 Å². The number of ether oxygens (including phenoxy) is 4. The summed E-state index contributed by atoms with van der Waals surface area (Å²) in [7, 11) is 1.41. The smallest absolute Gasteiger partial charge is 0.364 e. The number of hydrogen-bond donors (Lipinski definition) is 5. The average Bonchev–Trinajstić information content (AvgIpc) is 3.45. The van der Waals surface area contributed by atoms with Gasteiger partial charge in [0.15, 0.2) is 23.6 Å². The van der Waals surface area contributed by atoms with Crippen molar-refractivity contribution in [3.63, 3.8) is 0 Å². The number of esters is 1. The number of nitrogens with one attached hydrogen (secondary N) is 2. The molecule has 0 radical (unpaired) electrons. The fraction of sp³-hybridized carbons (Fsp3) is 0.303. The third kappa shape index (κ3) is 5.95. The third-order valence-electron chi connectivity index (χ3n) is 7.87. The molecule has 13 heteroatoms. The molecule has 13 nitrogen and oxygen atoms in total. The molecule has 46 heavy (non-hydrogen) atoms. The van der Waals surface area contributed by atoms with Gasteiger partial charge in [-0.1, -0.05) is 12.7 Å². The molecule has 2 aromatic heterocycles. The number of carbonyl (C=O) groups is 2. The van der Waals surface area contributed by atoms with Crippen molar-refractivity contribution >= 4 is 40.3 Å². The highest BCUT2D eigenvalue weighted by molar-refractivity contribution is 6.07. The Labute approximate surface area is 263 Å². The van der Waals surface area contributed by atoms with E-state index in [4.69, 9.17) is 29.1 Å². The first kappa shape index (κ1) is 32.3. The lowest BCUT2D eigenvalue weighted by atomic mass is 9.89. The zero-order valence-corrected chi connectivity index (χ0v) is 25.9. The van der Waals surface area contributed by atoms with Crippen molar-refractivity contribution in [3.05, 3.63) is 87.5 Å². The highest BCUT2D eigenvalue weighted by Gasteiger charge is 2.53. The van der Waals surface area contributed by atoms with Crippen molar-refractivity contribution < 1.29 is 43.2 Å². The number of fused-ring (bicyclic) bond motifs is 1. The summed E-state index contributed by atoms with van der Waals surface area (Å²) in [6.45, 7) is 10.4. The largest absolute Gasteiger partial charge is 0.505 e. The number of aromatic amines is 1. The fourth-order valence-corrected chi connectivity index (χ4v) is 5.43. The molecule has 1 amide bonds. The third-order valence-corrected chi connectivity index (χ3v) is 7.87. The number of nitrogens with two attached hydrogens (primary N) is 1. The first-order chi connectivity index (χ1) is 21.7. The summed E-state index contributed by atoms with van der Waals surface area (Å²) in [4.78, 5) is 41.7. The van der Waals surface area contributed by atoms with Crippen molar-refractivity contribution in [2.75, 3.05) is 18.2 Å². The van der Waals surface area contributed by atoms with Gasteiger partial charge in [-0.15, -0.1) is 0 Å². The maximum absolute atomic E-state index is 13.0. The van der Waals surface area contributed by atoms with E-state index in [1.54, 1.807) is 39.8 Å². The number of carbonyl (C=O) groups excluding carboxylic acids is 2. The molecule has 1 fully saturated rings. The van der Waals surface area contributed by atoms with E-state index in [1.807, 2.05) is 0 Å². The van der Waals surface area contributed by atoms with Crippen LogP contribution < -0.4 is 21.4 Å². The minimum atomic E-state index is -1.50. The topological polar surface area (TPSA) is 196 Å². The quantitative estimate of drug-likeness (QED) is 0.107. The highest BCUT2D eigenvalue weighted by atomic mass is 16.7. The Hall–Kier alpha value is -5.11. The van der Waals surface area contributed by atoms with E-state index < -0.39 is 59.1 Å². The van der Waals surface area contributed by atoms with E-state index in [9.17, 15) is 24.6 Å². The number of anilines is 2. The molecule has 0 unspecified atom stereocenters. The number of aryl methyl sites for hydroxylation is 2. The average molecular weight is 634 g/mol. The predicted octanol–water partition coefficient (Wildman–Crippen LogP) is 4.04. The molecule has 1 aliphatic heterocycles. The number of methoxy groups -OCH3 is 1. The number of aliphatic hydroxyl groups excluding tert-OH is 1. The molecule has 1 aliphatic rings. The van der Waals surface area contributed by atoms with Crippen LogP contribution in [0.3, 0.4) is 0 Å². The normalized spacial score (nSPS) is 20.7. The lowest BCUT2D eigenvalue weighted by Crippen LogP contribution is -2.65. The van der Waals surface area contributed by atoms with Gasteiger partial charge < -0.3 is 49.6 Å². The highest BCUT2D eigenvalue weighted by Crippen LogP contribution is 2.38. The van der Waals surface area contributed by atoms with E-state index in [0.717, 1.165) is 5.69 Å². The standard InChI is InChI=1S/C33H35N3O10/c1-7-17-14-18(9-11-20(17)34)29(39)36-23-24(37)19-10-13-22(16(3)26(19)44-31(23)41)43-32-25(38)27(28(42-6)33(4,5)46-32)45-30(40)21-12-8-15(2)35-21/h7-14,25,27-28,32,35,37-38H,1,34H2,2-6H3,(H,36,39)/t25-,27+,28-,32-/m1/s1. The SMILES string of the molecule is C=Cc1cc(C(=O)Nc2c(O)c3ccc(O[C@@H]4OC(C)(C)[C@H](OC)[C@@H](OC(=O)c5ccc(C)[nH]5)[C@H]4O)c(C)c3oc2=O)ccc1N. The zero-order chi connectivity index (χ0) is 33.5. The van der Waals surface area contributed by atoms with Crippen molar-refractivity contribution in [2.45, 2.75) is 57.9 Å². The number of aromatic hydroxyl groups is 1. The number of H-pyrrole nitrogens is 1. The van der Waals surface area contributed by atoms with Crippen LogP contribution in [-0.4, -0.2) is 64.4 Å². The number of nitrogen functional groups attached to an aromatic ring is 1. The molecular weight excluding hydrogens is 598 g/mol. The summed E-state index contributed by atoms with van der Waals surface area (Å²) in [5, 5.41) is 24.8. The second kappa shape index (κ2) is 12.4. The number of benzene rings is 2. The Kier molecular flexibility index (Phi) is 8.67. The Morgan fingerprint density at radius 1 is 1.15 bits per heavy atom. The van der Waals surface area contributed by atoms with Gasteiger partial charge in [0.05, 0.1) is 11.0 Å². The van der Waals surface area contributed by atoms with Gasteiger partial charge >= 0.3 is 11.6 Å². The first-order valence-corrected chi connectivity index (χ1v) is 14.3. The van der Waals surface area contributed by atoms with E-state index in [1.165, 1.54) is 43.5 Å². The lowest BCUT2D eigenvalue weighted by molar-refractivity contribution is -0.305. The summed E-state index contributed by atoms with van der Waals surface area (Å²) in [6, 6.07) is 10.7. The monoisotopic (exact) mass is 633 g/mol. The summed E-state index contributed by atoms with van der Waals surface area (Å²) in [5.74, 6) is -1.75. The molecule has 242 valence electrons. The number of aromatic nitrogens is 1. The first-order valence-electron chi connectivity index (χ1n) is 14.3. The van der Waals surface area contributed by atoms with Gasteiger partial charge in [-0.25, -0.2) is 9.59 Å². The molecule has 4 aromatic rings. The molecule has 0 spiro atoms. The van der Waals surface area contributed by atoms with Crippen molar-refractivity contribution in [2.24, 2.45) is 0 Å². The van der Waals surface area contributed by atoms with Gasteiger partial charge in [-0.2, -0.15) is 0 Å². The molecule has 5 rings (SSSR count). The summed E-state index contributed by atoms with van der Waals surface area (Å²) in [5.41, 5.74) is 5.66.